The van der Waals surface area contributed by atoms with Gasteiger partial charge in [-0.25, -0.2) is 8.42 Å². The van der Waals surface area contributed by atoms with Crippen molar-refractivity contribution in [1.29, 1.82) is 0 Å². The highest BCUT2D eigenvalue weighted by Gasteiger charge is 2.39. The van der Waals surface area contributed by atoms with E-state index in [1.54, 1.807) is 28.6 Å². The van der Waals surface area contributed by atoms with Gasteiger partial charge in [-0.05, 0) is 56.4 Å². The van der Waals surface area contributed by atoms with E-state index in [0.717, 1.165) is 38.5 Å². The summed E-state index contributed by atoms with van der Waals surface area (Å²) >= 11 is 0. The quantitative estimate of drug-likeness (QED) is 0.895. The van der Waals surface area contributed by atoms with Crippen LogP contribution in [0.25, 0.3) is 11.5 Å². The summed E-state index contributed by atoms with van der Waals surface area (Å²) in [6, 6.07) is 6.62. The molecule has 0 unspecified atom stereocenters. The van der Waals surface area contributed by atoms with Gasteiger partial charge < -0.3 is 10.3 Å². The lowest BCUT2D eigenvalue weighted by Crippen LogP contribution is -2.44. The van der Waals surface area contributed by atoms with Crippen molar-refractivity contribution in [3.8, 4) is 11.5 Å². The lowest BCUT2D eigenvalue weighted by atomic mass is 9.77. The maximum atomic E-state index is 12.7. The van der Waals surface area contributed by atoms with Gasteiger partial charge in [-0.1, -0.05) is 11.6 Å². The molecule has 0 spiro atoms. The summed E-state index contributed by atoms with van der Waals surface area (Å²) in [6.07, 6.45) is 5.72. The Balaban J connectivity index is 1.56. The molecule has 0 radical (unpaired) electrons. The standard InChI is InChI=1S/C17H22N4O3S/c18-17(9-4-10-17)16-19-15(24-20-16)13-5-7-14(8-6-13)25(22,23)21-11-2-1-3-12-21/h5-8H,1-4,9-12,18H2. The second kappa shape index (κ2) is 6.19. The van der Waals surface area contributed by atoms with E-state index in [4.69, 9.17) is 10.3 Å². The maximum absolute atomic E-state index is 12.7. The summed E-state index contributed by atoms with van der Waals surface area (Å²) in [5, 5.41) is 3.99. The summed E-state index contributed by atoms with van der Waals surface area (Å²) in [7, 11) is -3.43. The molecule has 2 aromatic rings. The third kappa shape index (κ3) is 2.98. The minimum Gasteiger partial charge on any atom is -0.334 e. The van der Waals surface area contributed by atoms with Gasteiger partial charge in [-0.3, -0.25) is 0 Å². The van der Waals surface area contributed by atoms with Gasteiger partial charge in [0.1, 0.15) is 0 Å². The van der Waals surface area contributed by atoms with Crippen LogP contribution in [0.15, 0.2) is 33.7 Å². The van der Waals surface area contributed by atoms with E-state index in [1.165, 1.54) is 0 Å². The Morgan fingerprint density at radius 1 is 1.04 bits per heavy atom. The summed E-state index contributed by atoms with van der Waals surface area (Å²) in [5.41, 5.74) is 6.43. The Morgan fingerprint density at radius 2 is 1.72 bits per heavy atom. The first-order valence-corrected chi connectivity index (χ1v) is 10.2. The fourth-order valence-electron chi connectivity index (χ4n) is 3.35. The molecular formula is C17H22N4O3S. The average Bonchev–Trinajstić information content (AvgIpc) is 3.11. The number of rotatable bonds is 4. The number of nitrogens with zero attached hydrogens (tertiary/aromatic N) is 3. The van der Waals surface area contributed by atoms with Gasteiger partial charge in [0.15, 0.2) is 5.82 Å². The van der Waals surface area contributed by atoms with Crippen LogP contribution in [0.4, 0.5) is 0 Å². The van der Waals surface area contributed by atoms with Gasteiger partial charge in [0, 0.05) is 18.7 Å². The third-order valence-corrected chi connectivity index (χ3v) is 7.08. The summed E-state index contributed by atoms with van der Waals surface area (Å²) in [6.45, 7) is 1.19. The van der Waals surface area contributed by atoms with Crippen LogP contribution < -0.4 is 5.73 Å². The smallest absolute Gasteiger partial charge is 0.257 e. The number of hydrogen-bond donors (Lipinski definition) is 1. The van der Waals surface area contributed by atoms with E-state index >= 15 is 0 Å². The first-order chi connectivity index (χ1) is 12.0. The molecule has 1 aromatic carbocycles. The Morgan fingerprint density at radius 3 is 2.32 bits per heavy atom. The van der Waals surface area contributed by atoms with E-state index < -0.39 is 15.6 Å². The van der Waals surface area contributed by atoms with Crippen LogP contribution in [0.1, 0.15) is 44.3 Å². The largest absolute Gasteiger partial charge is 0.334 e. The SMILES string of the molecule is NC1(c2noc(-c3ccc(S(=O)(=O)N4CCCCC4)cc3)n2)CCC1. The lowest BCUT2D eigenvalue weighted by Gasteiger charge is -2.34. The van der Waals surface area contributed by atoms with Gasteiger partial charge in [-0.2, -0.15) is 9.29 Å². The molecule has 0 atom stereocenters. The highest BCUT2D eigenvalue weighted by atomic mass is 32.2. The van der Waals surface area contributed by atoms with Crippen LogP contribution in [-0.4, -0.2) is 36.0 Å². The van der Waals surface area contributed by atoms with E-state index in [2.05, 4.69) is 10.1 Å². The first kappa shape index (κ1) is 16.7. The van der Waals surface area contributed by atoms with E-state index in [0.29, 0.717) is 35.3 Å². The molecule has 2 aliphatic rings. The number of piperidine rings is 1. The molecular weight excluding hydrogens is 340 g/mol. The molecule has 2 N–H and O–H groups in total. The molecule has 134 valence electrons. The van der Waals surface area contributed by atoms with Crippen LogP contribution >= 0.6 is 0 Å². The second-order valence-corrected chi connectivity index (χ2v) is 8.86. The number of sulfonamides is 1. The van der Waals surface area contributed by atoms with Crippen molar-refractivity contribution in [2.24, 2.45) is 5.73 Å². The first-order valence-electron chi connectivity index (χ1n) is 8.73. The summed E-state index contributed by atoms with van der Waals surface area (Å²) < 4.78 is 32.2. The maximum Gasteiger partial charge on any atom is 0.257 e. The number of hydrogen-bond acceptors (Lipinski definition) is 6. The van der Waals surface area contributed by atoms with Gasteiger partial charge in [0.2, 0.25) is 10.0 Å². The normalized spacial score (nSPS) is 21.0. The molecule has 1 saturated heterocycles. The van der Waals surface area contributed by atoms with Gasteiger partial charge in [0.25, 0.3) is 5.89 Å². The number of benzene rings is 1. The molecule has 8 heteroatoms. The average molecular weight is 362 g/mol. The zero-order valence-electron chi connectivity index (χ0n) is 14.0. The van der Waals surface area contributed by atoms with Crippen LogP contribution in [0.2, 0.25) is 0 Å². The third-order valence-electron chi connectivity index (χ3n) is 5.17. The number of nitrogens with two attached hydrogens (primary N) is 1. The zero-order valence-corrected chi connectivity index (χ0v) is 14.8. The predicted molar refractivity (Wildman–Crippen MR) is 92.1 cm³/mol. The van der Waals surface area contributed by atoms with Crippen LogP contribution in [0, 0.1) is 0 Å². The topological polar surface area (TPSA) is 102 Å². The molecule has 2 fully saturated rings. The van der Waals surface area contributed by atoms with Crippen molar-refractivity contribution in [1.82, 2.24) is 14.4 Å². The monoisotopic (exact) mass is 362 g/mol. The minimum absolute atomic E-state index is 0.298. The lowest BCUT2D eigenvalue weighted by molar-refractivity contribution is 0.229. The molecule has 1 aromatic heterocycles. The molecule has 0 bridgehead atoms. The fourth-order valence-corrected chi connectivity index (χ4v) is 4.87. The Kier molecular flexibility index (Phi) is 4.13. The highest BCUT2D eigenvalue weighted by Crippen LogP contribution is 2.37. The van der Waals surface area contributed by atoms with Crippen molar-refractivity contribution >= 4 is 10.0 Å². The van der Waals surface area contributed by atoms with Gasteiger partial charge >= 0.3 is 0 Å². The summed E-state index contributed by atoms with van der Waals surface area (Å²) in [5.74, 6) is 0.896. The molecule has 1 aliphatic heterocycles. The van der Waals surface area contributed by atoms with Crippen molar-refractivity contribution in [3.63, 3.8) is 0 Å². The van der Waals surface area contributed by atoms with E-state index in [-0.39, 0.29) is 0 Å². The molecule has 25 heavy (non-hydrogen) atoms. The van der Waals surface area contributed by atoms with Crippen molar-refractivity contribution < 1.29 is 12.9 Å². The second-order valence-electron chi connectivity index (χ2n) is 6.92. The van der Waals surface area contributed by atoms with Gasteiger partial charge in [0.05, 0.1) is 10.4 Å². The van der Waals surface area contributed by atoms with Crippen molar-refractivity contribution in [3.05, 3.63) is 30.1 Å². The molecule has 7 nitrogen and oxygen atoms in total. The van der Waals surface area contributed by atoms with E-state index in [9.17, 15) is 8.42 Å². The fraction of sp³-hybridized carbons (Fsp3) is 0.529. The highest BCUT2D eigenvalue weighted by molar-refractivity contribution is 7.89. The van der Waals surface area contributed by atoms with Crippen LogP contribution in [0.3, 0.4) is 0 Å². The van der Waals surface area contributed by atoms with Crippen LogP contribution in [0.5, 0.6) is 0 Å². The van der Waals surface area contributed by atoms with Gasteiger partial charge in [-0.15, -0.1) is 0 Å². The summed E-state index contributed by atoms with van der Waals surface area (Å²) in [4.78, 5) is 4.69. The molecule has 2 heterocycles. The molecule has 1 aliphatic carbocycles. The minimum atomic E-state index is -3.43. The van der Waals surface area contributed by atoms with Crippen molar-refractivity contribution in [2.45, 2.75) is 49.0 Å². The zero-order chi connectivity index (χ0) is 17.5. The van der Waals surface area contributed by atoms with Crippen molar-refractivity contribution in [2.75, 3.05) is 13.1 Å². The number of aromatic nitrogens is 2. The Bertz CT molecular complexity index is 850. The molecule has 0 amide bonds. The van der Waals surface area contributed by atoms with Crippen LogP contribution in [-0.2, 0) is 15.6 Å². The Hall–Kier alpha value is -1.77. The van der Waals surface area contributed by atoms with E-state index in [1.807, 2.05) is 0 Å². The predicted octanol–water partition coefficient (Wildman–Crippen LogP) is 2.25. The molecule has 4 rings (SSSR count). The Labute approximate surface area is 147 Å². The molecule has 1 saturated carbocycles.